The number of nitrogens with zero attached hydrogens (tertiary/aromatic N) is 1. The number of hydrogen-bond donors (Lipinski definition) is 1. The monoisotopic (exact) mass is 430 g/mol. The SMILES string of the molecule is CC(=O)c1cccc(NC(=O)COc2ccc(S(=O)(=O)N3CCCCCC3)cc2)c1. The lowest BCUT2D eigenvalue weighted by Gasteiger charge is -2.20. The van der Waals surface area contributed by atoms with E-state index in [4.69, 9.17) is 4.74 Å². The number of amides is 1. The maximum Gasteiger partial charge on any atom is 0.262 e. The van der Waals surface area contributed by atoms with Gasteiger partial charge in [0, 0.05) is 24.3 Å². The molecule has 1 fully saturated rings. The molecule has 1 aliphatic rings. The molecule has 0 saturated carbocycles. The summed E-state index contributed by atoms with van der Waals surface area (Å²) in [6, 6.07) is 12.8. The molecule has 0 unspecified atom stereocenters. The topological polar surface area (TPSA) is 92.8 Å². The van der Waals surface area contributed by atoms with Crippen LogP contribution in [0.4, 0.5) is 5.69 Å². The number of ketones is 1. The number of anilines is 1. The highest BCUT2D eigenvalue weighted by Gasteiger charge is 2.25. The molecular weight excluding hydrogens is 404 g/mol. The zero-order chi connectivity index (χ0) is 21.6. The summed E-state index contributed by atoms with van der Waals surface area (Å²) in [7, 11) is -3.51. The number of carbonyl (C=O) groups excluding carboxylic acids is 2. The third-order valence-corrected chi connectivity index (χ3v) is 6.86. The number of ether oxygens (including phenoxy) is 1. The van der Waals surface area contributed by atoms with Crippen LogP contribution in [0.2, 0.25) is 0 Å². The van der Waals surface area contributed by atoms with E-state index in [-0.39, 0.29) is 23.2 Å². The van der Waals surface area contributed by atoms with Crippen LogP contribution in [0.5, 0.6) is 5.75 Å². The zero-order valence-electron chi connectivity index (χ0n) is 17.0. The first-order valence-corrected chi connectivity index (χ1v) is 11.4. The Morgan fingerprint density at radius 1 is 1.00 bits per heavy atom. The highest BCUT2D eigenvalue weighted by molar-refractivity contribution is 7.89. The highest BCUT2D eigenvalue weighted by Crippen LogP contribution is 2.22. The van der Waals surface area contributed by atoms with Crippen LogP contribution in [0.15, 0.2) is 53.4 Å². The van der Waals surface area contributed by atoms with Gasteiger partial charge in [0.1, 0.15) is 5.75 Å². The molecule has 1 amide bonds. The van der Waals surface area contributed by atoms with E-state index in [0.29, 0.717) is 30.1 Å². The first-order chi connectivity index (χ1) is 14.4. The summed E-state index contributed by atoms with van der Waals surface area (Å²) in [6.07, 6.45) is 3.87. The summed E-state index contributed by atoms with van der Waals surface area (Å²) in [5.74, 6) is -0.0630. The van der Waals surface area contributed by atoms with E-state index < -0.39 is 10.0 Å². The summed E-state index contributed by atoms with van der Waals surface area (Å²) in [4.78, 5) is 23.8. The number of hydrogen-bond acceptors (Lipinski definition) is 5. The summed E-state index contributed by atoms with van der Waals surface area (Å²) < 4.78 is 32.6. The first-order valence-electron chi connectivity index (χ1n) is 10.00. The lowest BCUT2D eigenvalue weighted by Crippen LogP contribution is -2.31. The Morgan fingerprint density at radius 3 is 2.30 bits per heavy atom. The van der Waals surface area contributed by atoms with Crippen LogP contribution in [0.1, 0.15) is 43.0 Å². The van der Waals surface area contributed by atoms with E-state index in [0.717, 1.165) is 25.7 Å². The van der Waals surface area contributed by atoms with Crippen molar-refractivity contribution in [2.45, 2.75) is 37.5 Å². The molecule has 0 spiro atoms. The quantitative estimate of drug-likeness (QED) is 0.679. The number of benzene rings is 2. The number of rotatable bonds is 7. The van der Waals surface area contributed by atoms with Crippen LogP contribution in [0.25, 0.3) is 0 Å². The maximum absolute atomic E-state index is 12.8. The minimum absolute atomic E-state index is 0.0856. The Morgan fingerprint density at radius 2 is 1.67 bits per heavy atom. The smallest absolute Gasteiger partial charge is 0.262 e. The fourth-order valence-electron chi connectivity index (χ4n) is 3.30. The first kappa shape index (κ1) is 22.0. The molecule has 0 atom stereocenters. The van der Waals surface area contributed by atoms with Gasteiger partial charge in [-0.1, -0.05) is 25.0 Å². The van der Waals surface area contributed by atoms with Crippen molar-refractivity contribution in [3.8, 4) is 5.75 Å². The van der Waals surface area contributed by atoms with Crippen molar-refractivity contribution < 1.29 is 22.7 Å². The van der Waals surface area contributed by atoms with E-state index in [2.05, 4.69) is 5.32 Å². The van der Waals surface area contributed by atoms with Gasteiger partial charge in [-0.25, -0.2) is 8.42 Å². The van der Waals surface area contributed by atoms with Crippen LogP contribution in [0, 0.1) is 0 Å². The molecule has 1 heterocycles. The normalized spacial score (nSPS) is 15.2. The number of nitrogens with one attached hydrogen (secondary N) is 1. The summed E-state index contributed by atoms with van der Waals surface area (Å²) >= 11 is 0. The Kier molecular flexibility index (Phi) is 7.23. The molecule has 1 N–H and O–H groups in total. The van der Waals surface area contributed by atoms with Gasteiger partial charge >= 0.3 is 0 Å². The molecule has 0 bridgehead atoms. The van der Waals surface area contributed by atoms with Crippen molar-refractivity contribution in [2.24, 2.45) is 0 Å². The molecule has 2 aromatic carbocycles. The lowest BCUT2D eigenvalue weighted by atomic mass is 10.1. The van der Waals surface area contributed by atoms with Crippen LogP contribution >= 0.6 is 0 Å². The fraction of sp³-hybridized carbons (Fsp3) is 0.364. The van der Waals surface area contributed by atoms with Gasteiger partial charge < -0.3 is 10.1 Å². The molecule has 0 radical (unpaired) electrons. The molecule has 0 aromatic heterocycles. The summed E-state index contributed by atoms with van der Waals surface area (Å²) in [5.41, 5.74) is 1.02. The van der Waals surface area contributed by atoms with E-state index in [1.807, 2.05) is 0 Å². The minimum atomic E-state index is -3.51. The fourth-order valence-corrected chi connectivity index (χ4v) is 4.82. The molecule has 8 heteroatoms. The van der Waals surface area contributed by atoms with E-state index in [1.54, 1.807) is 40.7 Å². The second-order valence-electron chi connectivity index (χ2n) is 7.26. The van der Waals surface area contributed by atoms with Gasteiger partial charge in [0.25, 0.3) is 5.91 Å². The van der Waals surface area contributed by atoms with Gasteiger partial charge in [-0.3, -0.25) is 9.59 Å². The van der Waals surface area contributed by atoms with Crippen molar-refractivity contribution in [3.63, 3.8) is 0 Å². The molecule has 1 saturated heterocycles. The molecule has 7 nitrogen and oxygen atoms in total. The van der Waals surface area contributed by atoms with Gasteiger partial charge in [0.15, 0.2) is 12.4 Å². The Balaban J connectivity index is 1.57. The number of Topliss-reactive ketones (excluding diaryl/α,β-unsaturated/α-hetero) is 1. The van der Waals surface area contributed by atoms with Crippen LogP contribution in [-0.2, 0) is 14.8 Å². The van der Waals surface area contributed by atoms with Crippen molar-refractivity contribution in [2.75, 3.05) is 25.0 Å². The Bertz CT molecular complexity index is 994. The molecular formula is C22H26N2O5S. The van der Waals surface area contributed by atoms with Gasteiger partial charge in [0.2, 0.25) is 10.0 Å². The van der Waals surface area contributed by atoms with Crippen molar-refractivity contribution >= 4 is 27.4 Å². The van der Waals surface area contributed by atoms with Crippen LogP contribution in [-0.4, -0.2) is 44.1 Å². The molecule has 0 aliphatic carbocycles. The molecule has 30 heavy (non-hydrogen) atoms. The van der Waals surface area contributed by atoms with Crippen molar-refractivity contribution in [1.82, 2.24) is 4.31 Å². The van der Waals surface area contributed by atoms with E-state index in [9.17, 15) is 18.0 Å². The average Bonchev–Trinajstić information content (AvgIpc) is 3.03. The number of sulfonamides is 1. The molecule has 2 aromatic rings. The third-order valence-electron chi connectivity index (χ3n) is 4.95. The van der Waals surface area contributed by atoms with Gasteiger partial charge in [-0.05, 0) is 56.2 Å². The average molecular weight is 431 g/mol. The van der Waals surface area contributed by atoms with Gasteiger partial charge in [-0.15, -0.1) is 0 Å². The summed E-state index contributed by atoms with van der Waals surface area (Å²) in [6.45, 7) is 2.32. The Hall–Kier alpha value is -2.71. The van der Waals surface area contributed by atoms with E-state index >= 15 is 0 Å². The van der Waals surface area contributed by atoms with Crippen molar-refractivity contribution in [1.29, 1.82) is 0 Å². The zero-order valence-corrected chi connectivity index (χ0v) is 17.8. The largest absolute Gasteiger partial charge is 0.484 e. The van der Waals surface area contributed by atoms with Crippen LogP contribution < -0.4 is 10.1 Å². The maximum atomic E-state index is 12.8. The third kappa shape index (κ3) is 5.67. The van der Waals surface area contributed by atoms with Gasteiger partial charge in [-0.2, -0.15) is 4.31 Å². The molecule has 1 aliphatic heterocycles. The predicted molar refractivity (Wildman–Crippen MR) is 114 cm³/mol. The highest BCUT2D eigenvalue weighted by atomic mass is 32.2. The predicted octanol–water partition coefficient (Wildman–Crippen LogP) is 3.47. The lowest BCUT2D eigenvalue weighted by molar-refractivity contribution is -0.118. The molecule has 160 valence electrons. The second kappa shape index (κ2) is 9.86. The van der Waals surface area contributed by atoms with Gasteiger partial charge in [0.05, 0.1) is 4.90 Å². The van der Waals surface area contributed by atoms with E-state index in [1.165, 1.54) is 19.1 Å². The second-order valence-corrected chi connectivity index (χ2v) is 9.20. The van der Waals surface area contributed by atoms with Crippen molar-refractivity contribution in [3.05, 3.63) is 54.1 Å². The Labute approximate surface area is 177 Å². The minimum Gasteiger partial charge on any atom is -0.484 e. The number of carbonyl (C=O) groups is 2. The standard InChI is InChI=1S/C22H26N2O5S/c1-17(25)18-7-6-8-19(15-18)23-22(26)16-29-20-9-11-21(12-10-20)30(27,28)24-13-4-2-3-5-14-24/h6-12,15H,2-5,13-14,16H2,1H3,(H,23,26). The molecule has 3 rings (SSSR count). The van der Waals surface area contributed by atoms with Crippen LogP contribution in [0.3, 0.4) is 0 Å². The summed E-state index contributed by atoms with van der Waals surface area (Å²) in [5, 5.41) is 2.67.